The third-order valence-corrected chi connectivity index (χ3v) is 3.07. The van der Waals surface area contributed by atoms with Crippen LogP contribution in [0.2, 0.25) is 0 Å². The van der Waals surface area contributed by atoms with E-state index in [9.17, 15) is 0 Å². The number of nitrogens with one attached hydrogen (secondary N) is 1. The number of rotatable bonds is 3. The van der Waals surface area contributed by atoms with Gasteiger partial charge in [-0.1, -0.05) is 32.0 Å². The molecule has 1 aromatic carbocycles. The van der Waals surface area contributed by atoms with Crippen molar-refractivity contribution in [3.05, 3.63) is 36.2 Å². The molecule has 116 valence electrons. The second kappa shape index (κ2) is 6.86. The van der Waals surface area contributed by atoms with Crippen molar-refractivity contribution in [1.29, 1.82) is 0 Å². The van der Waals surface area contributed by atoms with E-state index in [1.165, 1.54) is 0 Å². The Bertz CT molecular complexity index is 764. The minimum Gasteiger partial charge on any atom is -0.382 e. The first kappa shape index (κ1) is 15.7. The van der Waals surface area contributed by atoms with Gasteiger partial charge in [0.05, 0.1) is 6.33 Å². The number of nitrogens with zero attached hydrogens (tertiary/aromatic N) is 4. The molecular weight excluding hydrogens is 278 g/mol. The topological polar surface area (TPSA) is 108 Å². The van der Waals surface area contributed by atoms with Crippen molar-refractivity contribution >= 4 is 28.6 Å². The average molecular weight is 299 g/mol. The summed E-state index contributed by atoms with van der Waals surface area (Å²) in [6.45, 7) is 4.44. The van der Waals surface area contributed by atoms with Gasteiger partial charge in [-0.05, 0) is 11.6 Å². The number of nitrogens with two attached hydrogens (primary N) is 2. The van der Waals surface area contributed by atoms with Crippen LogP contribution >= 0.6 is 0 Å². The number of para-hydroxylation sites is 1. The fourth-order valence-electron chi connectivity index (χ4n) is 2.03. The molecule has 0 unspecified atom stereocenters. The van der Waals surface area contributed by atoms with Gasteiger partial charge in [0.1, 0.15) is 5.52 Å². The zero-order chi connectivity index (χ0) is 16.1. The van der Waals surface area contributed by atoms with E-state index in [2.05, 4.69) is 20.3 Å². The molecule has 0 atom stereocenters. The predicted octanol–water partition coefficient (Wildman–Crippen LogP) is 2.17. The summed E-state index contributed by atoms with van der Waals surface area (Å²) in [4.78, 5) is 12.8. The number of anilines is 3. The van der Waals surface area contributed by atoms with E-state index in [-0.39, 0.29) is 0 Å². The molecule has 7 nitrogen and oxygen atoms in total. The molecule has 3 aromatic rings. The maximum Gasteiger partial charge on any atom is 0.231 e. The fraction of sp³-hybridized carbons (Fsp3) is 0.267. The van der Waals surface area contributed by atoms with Crippen LogP contribution in [0.1, 0.15) is 19.4 Å². The quantitative estimate of drug-likeness (QED) is 0.684. The summed E-state index contributed by atoms with van der Waals surface area (Å²) in [5.74, 6) is 0.780. The van der Waals surface area contributed by atoms with E-state index < -0.39 is 0 Å². The van der Waals surface area contributed by atoms with Crippen LogP contribution in [0.5, 0.6) is 0 Å². The molecule has 0 spiro atoms. The zero-order valence-electron chi connectivity index (χ0n) is 13.0. The van der Waals surface area contributed by atoms with Crippen molar-refractivity contribution in [2.45, 2.75) is 20.4 Å². The lowest BCUT2D eigenvalue weighted by Gasteiger charge is -2.10. The van der Waals surface area contributed by atoms with E-state index in [4.69, 9.17) is 11.5 Å². The first-order valence-corrected chi connectivity index (χ1v) is 7.18. The minimum absolute atomic E-state index is 0.350. The summed E-state index contributed by atoms with van der Waals surface area (Å²) in [6, 6.07) is 7.74. The summed E-state index contributed by atoms with van der Waals surface area (Å²) < 4.78 is 1.80. The molecule has 0 fully saturated rings. The average Bonchev–Trinajstić information content (AvgIpc) is 2.92. The SMILES string of the molecule is CC.Cn1cnc2c(N)nc(Nc3ccccc3CN)nc21. The monoisotopic (exact) mass is 299 g/mol. The summed E-state index contributed by atoms with van der Waals surface area (Å²) >= 11 is 0. The standard InChI is InChI=1S/C13H15N7.C2H6/c1-20-7-16-10-11(15)18-13(19-12(10)20)17-9-5-3-2-4-8(9)6-14;1-2/h2-5,7H,6,14H2,1H3,(H3,15,17,18,19);1-2H3. The van der Waals surface area contributed by atoms with Crippen LogP contribution < -0.4 is 16.8 Å². The molecule has 7 heteroatoms. The molecule has 5 N–H and O–H groups in total. The van der Waals surface area contributed by atoms with Gasteiger partial charge in [0.15, 0.2) is 11.5 Å². The van der Waals surface area contributed by atoms with E-state index in [1.807, 2.05) is 45.2 Å². The molecular formula is C15H21N7. The third kappa shape index (κ3) is 2.99. The predicted molar refractivity (Wildman–Crippen MR) is 89.7 cm³/mol. The number of aryl methyl sites for hydroxylation is 1. The Labute approximate surface area is 129 Å². The molecule has 0 aliphatic heterocycles. The minimum atomic E-state index is 0.350. The normalized spacial score (nSPS) is 10.2. The maximum absolute atomic E-state index is 5.90. The Morgan fingerprint density at radius 1 is 1.18 bits per heavy atom. The van der Waals surface area contributed by atoms with Crippen molar-refractivity contribution in [3.8, 4) is 0 Å². The van der Waals surface area contributed by atoms with E-state index >= 15 is 0 Å². The molecule has 22 heavy (non-hydrogen) atoms. The highest BCUT2D eigenvalue weighted by atomic mass is 15.2. The lowest BCUT2D eigenvalue weighted by molar-refractivity contribution is 0.929. The largest absolute Gasteiger partial charge is 0.382 e. The Balaban J connectivity index is 0.000000847. The highest BCUT2D eigenvalue weighted by molar-refractivity contribution is 5.83. The number of fused-ring (bicyclic) bond motifs is 1. The van der Waals surface area contributed by atoms with Crippen LogP contribution in [0.15, 0.2) is 30.6 Å². The molecule has 0 saturated heterocycles. The van der Waals surface area contributed by atoms with Gasteiger partial charge < -0.3 is 21.4 Å². The molecule has 0 saturated carbocycles. The highest BCUT2D eigenvalue weighted by Gasteiger charge is 2.10. The van der Waals surface area contributed by atoms with Crippen molar-refractivity contribution < 1.29 is 0 Å². The molecule has 0 radical (unpaired) electrons. The Morgan fingerprint density at radius 2 is 1.91 bits per heavy atom. The van der Waals surface area contributed by atoms with Gasteiger partial charge in [-0.15, -0.1) is 0 Å². The summed E-state index contributed by atoms with van der Waals surface area (Å²) in [6.07, 6.45) is 1.66. The van der Waals surface area contributed by atoms with E-state index in [0.29, 0.717) is 29.5 Å². The number of hydrogen-bond donors (Lipinski definition) is 3. The van der Waals surface area contributed by atoms with Gasteiger partial charge in [0, 0.05) is 19.3 Å². The van der Waals surface area contributed by atoms with Crippen LogP contribution in [0.3, 0.4) is 0 Å². The second-order valence-electron chi connectivity index (χ2n) is 4.45. The lowest BCUT2D eigenvalue weighted by Crippen LogP contribution is -2.06. The first-order valence-electron chi connectivity index (χ1n) is 7.18. The number of imidazole rings is 1. The summed E-state index contributed by atoms with van der Waals surface area (Å²) in [5, 5.41) is 3.15. The molecule has 0 aliphatic rings. The zero-order valence-corrected chi connectivity index (χ0v) is 13.0. The first-order chi connectivity index (χ1) is 10.7. The molecule has 2 aromatic heterocycles. The van der Waals surface area contributed by atoms with E-state index in [1.54, 1.807) is 10.9 Å². The highest BCUT2D eigenvalue weighted by Crippen LogP contribution is 2.22. The van der Waals surface area contributed by atoms with Crippen LogP contribution in [0, 0.1) is 0 Å². The number of benzene rings is 1. The van der Waals surface area contributed by atoms with Crippen molar-refractivity contribution in [2.75, 3.05) is 11.1 Å². The number of nitrogen functional groups attached to an aromatic ring is 1. The molecule has 0 bridgehead atoms. The Kier molecular flexibility index (Phi) is 4.90. The van der Waals surface area contributed by atoms with Crippen LogP contribution in [-0.4, -0.2) is 19.5 Å². The van der Waals surface area contributed by atoms with Gasteiger partial charge in [-0.2, -0.15) is 9.97 Å². The third-order valence-electron chi connectivity index (χ3n) is 3.07. The van der Waals surface area contributed by atoms with Crippen LogP contribution in [0.25, 0.3) is 11.2 Å². The van der Waals surface area contributed by atoms with Crippen molar-refractivity contribution in [1.82, 2.24) is 19.5 Å². The van der Waals surface area contributed by atoms with Gasteiger partial charge in [0.2, 0.25) is 5.95 Å². The number of hydrogen-bond acceptors (Lipinski definition) is 6. The Hall–Kier alpha value is -2.67. The molecule has 2 heterocycles. The smallest absolute Gasteiger partial charge is 0.231 e. The van der Waals surface area contributed by atoms with Gasteiger partial charge in [-0.25, -0.2) is 4.98 Å². The van der Waals surface area contributed by atoms with Gasteiger partial charge >= 0.3 is 0 Å². The van der Waals surface area contributed by atoms with Crippen LogP contribution in [0.4, 0.5) is 17.5 Å². The van der Waals surface area contributed by atoms with Crippen LogP contribution in [-0.2, 0) is 13.6 Å². The summed E-state index contributed by atoms with van der Waals surface area (Å²) in [5.41, 5.74) is 14.8. The second-order valence-corrected chi connectivity index (χ2v) is 4.45. The molecule has 0 amide bonds. The molecule has 0 aliphatic carbocycles. The summed E-state index contributed by atoms with van der Waals surface area (Å²) in [7, 11) is 1.86. The maximum atomic E-state index is 5.90. The number of aromatic nitrogens is 4. The fourth-order valence-corrected chi connectivity index (χ4v) is 2.03. The Morgan fingerprint density at radius 3 is 2.64 bits per heavy atom. The van der Waals surface area contributed by atoms with Gasteiger partial charge in [-0.3, -0.25) is 0 Å². The van der Waals surface area contributed by atoms with E-state index in [0.717, 1.165) is 11.3 Å². The van der Waals surface area contributed by atoms with Crippen molar-refractivity contribution in [3.63, 3.8) is 0 Å². The van der Waals surface area contributed by atoms with Crippen molar-refractivity contribution in [2.24, 2.45) is 12.8 Å². The lowest BCUT2D eigenvalue weighted by atomic mass is 10.2. The van der Waals surface area contributed by atoms with Gasteiger partial charge in [0.25, 0.3) is 0 Å². The molecule has 3 rings (SSSR count).